The van der Waals surface area contributed by atoms with Crippen LogP contribution in [0.4, 0.5) is 0 Å². The maximum atomic E-state index is 12.5. The molecule has 2 amide bonds. The van der Waals surface area contributed by atoms with Crippen molar-refractivity contribution in [3.8, 4) is 11.5 Å². The molecule has 10 nitrogen and oxygen atoms in total. The second-order valence-corrected chi connectivity index (χ2v) is 9.13. The highest BCUT2D eigenvalue weighted by Crippen LogP contribution is 2.31. The zero-order valence-corrected chi connectivity index (χ0v) is 18.7. The number of para-hydroxylation sites is 1. The van der Waals surface area contributed by atoms with Crippen molar-refractivity contribution in [3.63, 3.8) is 0 Å². The van der Waals surface area contributed by atoms with Gasteiger partial charge in [0.05, 0.1) is 18.1 Å². The fourth-order valence-corrected chi connectivity index (χ4v) is 4.38. The van der Waals surface area contributed by atoms with Crippen molar-refractivity contribution in [2.75, 3.05) is 19.8 Å². The number of amides is 2. The Morgan fingerprint density at radius 3 is 2.55 bits per heavy atom. The first kappa shape index (κ1) is 22.6. The lowest BCUT2D eigenvalue weighted by Gasteiger charge is -2.11. The molecule has 4 rings (SSSR count). The summed E-state index contributed by atoms with van der Waals surface area (Å²) in [5.41, 5.74) is 5.76. The van der Waals surface area contributed by atoms with E-state index in [1.54, 1.807) is 19.1 Å². The average Bonchev–Trinajstić information content (AvgIpc) is 2.97. The predicted octanol–water partition coefficient (Wildman–Crippen LogP) is 2.03. The van der Waals surface area contributed by atoms with Gasteiger partial charge >= 0.3 is 5.91 Å². The number of aryl methyl sites for hydroxylation is 1. The maximum Gasteiger partial charge on any atom is 0.305 e. The van der Waals surface area contributed by atoms with Crippen LogP contribution in [0, 0.1) is 6.92 Å². The molecule has 3 aromatic rings. The molecule has 0 fully saturated rings. The summed E-state index contributed by atoms with van der Waals surface area (Å²) in [6.07, 6.45) is 0.514. The number of hydrogen-bond donors (Lipinski definition) is 3. The molecular weight excluding hydrogens is 450 g/mol. The molecule has 0 bridgehead atoms. The molecule has 0 spiro atoms. The third-order valence-electron chi connectivity index (χ3n) is 5.04. The van der Waals surface area contributed by atoms with Crippen LogP contribution < -0.4 is 25.0 Å². The third kappa shape index (κ3) is 5.10. The van der Waals surface area contributed by atoms with Crippen LogP contribution in [-0.2, 0) is 14.8 Å². The zero-order valence-electron chi connectivity index (χ0n) is 17.8. The largest absolute Gasteiger partial charge is 0.490 e. The van der Waals surface area contributed by atoms with Crippen LogP contribution in [0.15, 0.2) is 51.8 Å². The average molecular weight is 474 g/mol. The highest BCUT2D eigenvalue weighted by Gasteiger charge is 2.20. The lowest BCUT2D eigenvalue weighted by molar-refractivity contribution is -0.121. The van der Waals surface area contributed by atoms with Crippen LogP contribution >= 0.6 is 0 Å². The Balaban J connectivity index is 1.28. The summed E-state index contributed by atoms with van der Waals surface area (Å²) < 4.78 is 44.0. The molecule has 1 aromatic heterocycles. The molecule has 11 heteroatoms. The van der Waals surface area contributed by atoms with E-state index in [4.69, 9.17) is 13.9 Å². The van der Waals surface area contributed by atoms with Crippen molar-refractivity contribution in [1.29, 1.82) is 0 Å². The number of carbonyl (C=O) groups is 2. The van der Waals surface area contributed by atoms with E-state index in [2.05, 4.69) is 15.6 Å². The van der Waals surface area contributed by atoms with Gasteiger partial charge in [-0.2, -0.15) is 0 Å². The lowest BCUT2D eigenvalue weighted by atomic mass is 10.1. The quantitative estimate of drug-likeness (QED) is 0.466. The molecule has 0 unspecified atom stereocenters. The van der Waals surface area contributed by atoms with E-state index in [9.17, 15) is 18.0 Å². The van der Waals surface area contributed by atoms with Gasteiger partial charge in [-0.25, -0.2) is 13.1 Å². The molecule has 1 aliphatic heterocycles. The van der Waals surface area contributed by atoms with Crippen molar-refractivity contribution < 1.29 is 31.9 Å². The number of hydrogen-bond acceptors (Lipinski definition) is 7. The summed E-state index contributed by atoms with van der Waals surface area (Å²) in [6.45, 7) is 2.52. The Bertz CT molecular complexity index is 1300. The summed E-state index contributed by atoms with van der Waals surface area (Å²) in [5, 5.41) is 0.804. The van der Waals surface area contributed by atoms with E-state index >= 15 is 0 Å². The van der Waals surface area contributed by atoms with Crippen LogP contribution in [0.5, 0.6) is 11.5 Å². The van der Waals surface area contributed by atoms with E-state index in [-0.39, 0.29) is 23.6 Å². The SMILES string of the molecule is Cc1c(C(=O)NNC(=O)CCNS(=O)(=O)c2ccc3c(c2)OCCCO3)oc2ccccc12. The van der Waals surface area contributed by atoms with Crippen LogP contribution in [0.1, 0.15) is 29.0 Å². The van der Waals surface area contributed by atoms with Crippen molar-refractivity contribution in [1.82, 2.24) is 15.6 Å². The summed E-state index contributed by atoms with van der Waals surface area (Å²) in [6, 6.07) is 11.5. The second-order valence-electron chi connectivity index (χ2n) is 7.36. The Kier molecular flexibility index (Phi) is 6.52. The standard InChI is InChI=1S/C22H23N3O7S/c1-14-16-5-2-3-6-17(16)32-21(14)22(27)25-24-20(26)9-10-23-33(28,29)15-7-8-18-19(13-15)31-12-4-11-30-18/h2-3,5-8,13,23H,4,9-12H2,1H3,(H,24,26)(H,25,27). The monoisotopic (exact) mass is 473 g/mol. The van der Waals surface area contributed by atoms with Gasteiger partial charge in [0.25, 0.3) is 0 Å². The minimum absolute atomic E-state index is 0.000761. The number of nitrogens with one attached hydrogen (secondary N) is 3. The first-order chi connectivity index (χ1) is 15.8. The Labute approximate surface area is 190 Å². The Morgan fingerprint density at radius 1 is 1.00 bits per heavy atom. The normalized spacial score (nSPS) is 13.4. The molecule has 2 aromatic carbocycles. The van der Waals surface area contributed by atoms with Gasteiger partial charge in [-0.15, -0.1) is 0 Å². The highest BCUT2D eigenvalue weighted by molar-refractivity contribution is 7.89. The van der Waals surface area contributed by atoms with Gasteiger partial charge in [0.2, 0.25) is 15.9 Å². The minimum Gasteiger partial charge on any atom is -0.490 e. The van der Waals surface area contributed by atoms with E-state index in [1.807, 2.05) is 12.1 Å². The lowest BCUT2D eigenvalue weighted by Crippen LogP contribution is -2.42. The third-order valence-corrected chi connectivity index (χ3v) is 6.50. The van der Waals surface area contributed by atoms with Crippen LogP contribution in [-0.4, -0.2) is 40.0 Å². The number of hydrazine groups is 1. The van der Waals surface area contributed by atoms with Crippen molar-refractivity contribution in [2.24, 2.45) is 0 Å². The fourth-order valence-electron chi connectivity index (χ4n) is 3.33. The summed E-state index contributed by atoms with van der Waals surface area (Å²) in [7, 11) is -3.86. The van der Waals surface area contributed by atoms with Crippen LogP contribution in [0.25, 0.3) is 11.0 Å². The number of sulfonamides is 1. The zero-order chi connectivity index (χ0) is 23.4. The molecule has 3 N–H and O–H groups in total. The first-order valence-electron chi connectivity index (χ1n) is 10.3. The summed E-state index contributed by atoms with van der Waals surface area (Å²) in [4.78, 5) is 24.4. The van der Waals surface area contributed by atoms with Gasteiger partial charge < -0.3 is 13.9 Å². The van der Waals surface area contributed by atoms with Crippen molar-refractivity contribution in [2.45, 2.75) is 24.7 Å². The number of ether oxygens (including phenoxy) is 2. The van der Waals surface area contributed by atoms with E-state index in [0.29, 0.717) is 42.3 Å². The van der Waals surface area contributed by atoms with E-state index in [1.165, 1.54) is 18.2 Å². The van der Waals surface area contributed by atoms with Gasteiger partial charge in [-0.3, -0.25) is 20.4 Å². The smallest absolute Gasteiger partial charge is 0.305 e. The number of rotatable bonds is 6. The second kappa shape index (κ2) is 9.51. The number of furan rings is 1. The molecule has 1 aliphatic rings. The summed E-state index contributed by atoms with van der Waals surface area (Å²) in [5.74, 6) is -0.243. The van der Waals surface area contributed by atoms with E-state index in [0.717, 1.165) is 5.39 Å². The molecule has 0 atom stereocenters. The van der Waals surface area contributed by atoms with Crippen LogP contribution in [0.3, 0.4) is 0 Å². The topological polar surface area (TPSA) is 136 Å². The predicted molar refractivity (Wildman–Crippen MR) is 118 cm³/mol. The van der Waals surface area contributed by atoms with Crippen molar-refractivity contribution in [3.05, 3.63) is 53.8 Å². The summed E-state index contributed by atoms with van der Waals surface area (Å²) >= 11 is 0. The molecule has 0 saturated carbocycles. The van der Waals surface area contributed by atoms with Gasteiger partial charge in [0.1, 0.15) is 5.58 Å². The van der Waals surface area contributed by atoms with Gasteiger partial charge in [-0.1, -0.05) is 18.2 Å². The van der Waals surface area contributed by atoms with Crippen molar-refractivity contribution >= 4 is 32.8 Å². The van der Waals surface area contributed by atoms with Crippen LogP contribution in [0.2, 0.25) is 0 Å². The number of carbonyl (C=O) groups excluding carboxylic acids is 2. The maximum absolute atomic E-state index is 12.5. The van der Waals surface area contributed by atoms with Gasteiger partial charge in [0, 0.05) is 36.4 Å². The Morgan fingerprint density at radius 2 is 1.76 bits per heavy atom. The highest BCUT2D eigenvalue weighted by atomic mass is 32.2. The molecule has 33 heavy (non-hydrogen) atoms. The molecular formula is C22H23N3O7S. The molecule has 0 radical (unpaired) electrons. The Hall–Kier alpha value is -3.57. The first-order valence-corrected chi connectivity index (χ1v) is 11.8. The van der Waals surface area contributed by atoms with Gasteiger partial charge in [-0.05, 0) is 25.1 Å². The molecule has 0 saturated heterocycles. The number of benzene rings is 2. The number of fused-ring (bicyclic) bond motifs is 2. The molecule has 0 aliphatic carbocycles. The fraction of sp³-hybridized carbons (Fsp3) is 0.273. The minimum atomic E-state index is -3.86. The molecule has 174 valence electrons. The van der Waals surface area contributed by atoms with Gasteiger partial charge in [0.15, 0.2) is 17.3 Å². The molecule has 2 heterocycles. The van der Waals surface area contributed by atoms with E-state index < -0.39 is 21.8 Å².